The van der Waals surface area contributed by atoms with Crippen LogP contribution in [-0.2, 0) is 4.84 Å². The summed E-state index contributed by atoms with van der Waals surface area (Å²) in [4.78, 5) is 9.35. The molecule has 23 heavy (non-hydrogen) atoms. The highest BCUT2D eigenvalue weighted by molar-refractivity contribution is 6.42. The van der Waals surface area contributed by atoms with Crippen LogP contribution < -0.4 is 5.32 Å². The number of oxime groups is 1. The van der Waals surface area contributed by atoms with E-state index >= 15 is 0 Å². The molecule has 1 atom stereocenters. The van der Waals surface area contributed by atoms with Gasteiger partial charge in [0.2, 0.25) is 0 Å². The molecule has 1 N–H and O–H groups in total. The van der Waals surface area contributed by atoms with Crippen molar-refractivity contribution in [3.63, 3.8) is 0 Å². The highest BCUT2D eigenvalue weighted by Crippen LogP contribution is 2.26. The summed E-state index contributed by atoms with van der Waals surface area (Å²) in [5.41, 5.74) is 3.55. The number of benzene rings is 1. The van der Waals surface area contributed by atoms with E-state index in [4.69, 9.17) is 28.0 Å². The molecular formula is C17H15Cl2N3O. The minimum absolute atomic E-state index is 0.112. The van der Waals surface area contributed by atoms with Crippen LogP contribution in [0, 0.1) is 5.92 Å². The second kappa shape index (κ2) is 7.02. The van der Waals surface area contributed by atoms with Gasteiger partial charge in [0.25, 0.3) is 0 Å². The molecule has 2 aromatic rings. The molecule has 0 saturated heterocycles. The predicted molar refractivity (Wildman–Crippen MR) is 93.7 cm³/mol. The van der Waals surface area contributed by atoms with Crippen molar-refractivity contribution in [2.24, 2.45) is 11.1 Å². The fourth-order valence-electron chi connectivity index (χ4n) is 2.34. The van der Waals surface area contributed by atoms with E-state index in [-0.39, 0.29) is 5.92 Å². The third-order valence-corrected chi connectivity index (χ3v) is 4.35. The summed E-state index contributed by atoms with van der Waals surface area (Å²) < 4.78 is 0. The van der Waals surface area contributed by atoms with Gasteiger partial charge in [0.05, 0.1) is 21.7 Å². The zero-order valence-electron chi connectivity index (χ0n) is 12.3. The van der Waals surface area contributed by atoms with Gasteiger partial charge in [-0.1, -0.05) is 41.0 Å². The molecule has 0 bridgehead atoms. The molecule has 118 valence electrons. The molecule has 1 unspecified atom stereocenters. The third-order valence-electron chi connectivity index (χ3n) is 3.61. The van der Waals surface area contributed by atoms with Gasteiger partial charge in [0, 0.05) is 35.8 Å². The number of aromatic nitrogens is 1. The normalized spacial score (nSPS) is 16.6. The summed E-state index contributed by atoms with van der Waals surface area (Å²) in [5, 5.41) is 8.48. The number of pyridine rings is 1. The van der Waals surface area contributed by atoms with Gasteiger partial charge in [-0.05, 0) is 24.3 Å². The van der Waals surface area contributed by atoms with E-state index in [1.54, 1.807) is 24.5 Å². The number of hydrogen-bond acceptors (Lipinski definition) is 4. The molecule has 0 fully saturated rings. The highest BCUT2D eigenvalue weighted by Gasteiger charge is 2.25. The van der Waals surface area contributed by atoms with Crippen molar-refractivity contribution >= 4 is 34.6 Å². The van der Waals surface area contributed by atoms with Crippen molar-refractivity contribution in [2.75, 3.05) is 13.2 Å². The van der Waals surface area contributed by atoms with Gasteiger partial charge in [-0.2, -0.15) is 0 Å². The summed E-state index contributed by atoms with van der Waals surface area (Å²) in [6, 6.07) is 9.30. The first-order valence-corrected chi connectivity index (χ1v) is 7.89. The third kappa shape index (κ3) is 3.66. The van der Waals surface area contributed by atoms with Crippen molar-refractivity contribution in [1.82, 2.24) is 10.3 Å². The van der Waals surface area contributed by atoms with E-state index in [9.17, 15) is 0 Å². The van der Waals surface area contributed by atoms with E-state index in [1.807, 2.05) is 18.2 Å². The van der Waals surface area contributed by atoms with Gasteiger partial charge in [0.15, 0.2) is 0 Å². The lowest BCUT2D eigenvalue weighted by atomic mass is 9.97. The van der Waals surface area contributed by atoms with Crippen LogP contribution in [0.4, 0.5) is 0 Å². The zero-order valence-corrected chi connectivity index (χ0v) is 13.8. The van der Waals surface area contributed by atoms with E-state index in [1.165, 1.54) is 0 Å². The summed E-state index contributed by atoms with van der Waals surface area (Å²) in [5.74, 6) is 0.112. The summed E-state index contributed by atoms with van der Waals surface area (Å²) in [6.07, 6.45) is 3.51. The van der Waals surface area contributed by atoms with Gasteiger partial charge < -0.3 is 10.2 Å². The fraction of sp³-hybridized carbons (Fsp3) is 0.176. The summed E-state index contributed by atoms with van der Waals surface area (Å²) in [6.45, 7) is 5.22. The van der Waals surface area contributed by atoms with E-state index in [0.29, 0.717) is 23.2 Å². The molecule has 1 aliphatic rings. The SMILES string of the molecule is C=C(NCC1CON=C1c1ccc(Cl)c(Cl)c1)c1cccnc1. The Morgan fingerprint density at radius 2 is 2.17 bits per heavy atom. The molecule has 0 spiro atoms. The lowest BCUT2D eigenvalue weighted by Crippen LogP contribution is -2.28. The van der Waals surface area contributed by atoms with Crippen molar-refractivity contribution in [3.05, 3.63) is 70.5 Å². The summed E-state index contributed by atoms with van der Waals surface area (Å²) in [7, 11) is 0. The Labute approximate surface area is 144 Å². The molecule has 0 amide bonds. The summed E-state index contributed by atoms with van der Waals surface area (Å²) >= 11 is 12.0. The van der Waals surface area contributed by atoms with Crippen molar-refractivity contribution in [2.45, 2.75) is 0 Å². The number of nitrogens with one attached hydrogen (secondary N) is 1. The molecule has 4 nitrogen and oxygen atoms in total. The second-order valence-electron chi connectivity index (χ2n) is 5.20. The Hall–Kier alpha value is -2.04. The Balaban J connectivity index is 1.67. The first-order chi connectivity index (χ1) is 11.1. The maximum atomic E-state index is 6.08. The Kier molecular flexibility index (Phi) is 4.84. The minimum Gasteiger partial charge on any atom is -0.395 e. The molecule has 3 rings (SSSR count). The van der Waals surface area contributed by atoms with Gasteiger partial charge in [-0.25, -0.2) is 0 Å². The van der Waals surface area contributed by atoms with Gasteiger partial charge in [0.1, 0.15) is 6.61 Å². The highest BCUT2D eigenvalue weighted by atomic mass is 35.5. The largest absolute Gasteiger partial charge is 0.395 e. The maximum Gasteiger partial charge on any atom is 0.127 e. The Morgan fingerprint density at radius 3 is 2.91 bits per heavy atom. The topological polar surface area (TPSA) is 46.5 Å². The monoisotopic (exact) mass is 347 g/mol. The molecule has 0 saturated carbocycles. The molecule has 1 aromatic carbocycles. The first kappa shape index (κ1) is 15.8. The number of hydrogen-bond donors (Lipinski definition) is 1. The maximum absolute atomic E-state index is 6.08. The zero-order chi connectivity index (χ0) is 16.2. The van der Waals surface area contributed by atoms with Crippen molar-refractivity contribution in [3.8, 4) is 0 Å². The van der Waals surface area contributed by atoms with E-state index in [2.05, 4.69) is 22.0 Å². The molecule has 6 heteroatoms. The lowest BCUT2D eigenvalue weighted by molar-refractivity contribution is 0.155. The van der Waals surface area contributed by atoms with Crippen molar-refractivity contribution < 1.29 is 4.84 Å². The standard InChI is InChI=1S/C17H15Cl2N3O/c1-11(13-3-2-6-20-8-13)21-9-14-10-23-22-17(14)12-4-5-15(18)16(19)7-12/h2-8,14,21H,1,9-10H2. The van der Waals surface area contributed by atoms with Crippen LogP contribution in [0.15, 0.2) is 54.5 Å². The average Bonchev–Trinajstić information content (AvgIpc) is 3.04. The predicted octanol–water partition coefficient (Wildman–Crippen LogP) is 4.00. The van der Waals surface area contributed by atoms with Crippen LogP contribution in [0.3, 0.4) is 0 Å². The van der Waals surface area contributed by atoms with Crippen LogP contribution in [0.1, 0.15) is 11.1 Å². The number of nitrogens with zero attached hydrogens (tertiary/aromatic N) is 2. The molecular weight excluding hydrogens is 333 g/mol. The van der Waals surface area contributed by atoms with Crippen LogP contribution in [0.2, 0.25) is 10.0 Å². The Morgan fingerprint density at radius 1 is 1.30 bits per heavy atom. The smallest absolute Gasteiger partial charge is 0.127 e. The number of rotatable bonds is 5. The quantitative estimate of drug-likeness (QED) is 0.888. The van der Waals surface area contributed by atoms with Crippen LogP contribution >= 0.6 is 23.2 Å². The Bertz CT molecular complexity index is 747. The molecule has 2 heterocycles. The van der Waals surface area contributed by atoms with E-state index < -0.39 is 0 Å². The number of halogens is 2. The van der Waals surface area contributed by atoms with E-state index in [0.717, 1.165) is 22.5 Å². The van der Waals surface area contributed by atoms with Gasteiger partial charge in [-0.3, -0.25) is 4.98 Å². The average molecular weight is 348 g/mol. The first-order valence-electron chi connectivity index (χ1n) is 7.13. The van der Waals surface area contributed by atoms with Gasteiger partial charge >= 0.3 is 0 Å². The second-order valence-corrected chi connectivity index (χ2v) is 6.01. The van der Waals surface area contributed by atoms with Crippen LogP contribution in [-0.4, -0.2) is 23.8 Å². The van der Waals surface area contributed by atoms with Crippen LogP contribution in [0.5, 0.6) is 0 Å². The molecule has 1 aliphatic heterocycles. The molecule has 0 radical (unpaired) electrons. The van der Waals surface area contributed by atoms with Gasteiger partial charge in [-0.15, -0.1) is 0 Å². The molecule has 1 aromatic heterocycles. The lowest BCUT2D eigenvalue weighted by Gasteiger charge is -2.15. The van der Waals surface area contributed by atoms with Crippen molar-refractivity contribution in [1.29, 1.82) is 0 Å². The molecule has 0 aliphatic carbocycles. The minimum atomic E-state index is 0.112. The van der Waals surface area contributed by atoms with Crippen LogP contribution in [0.25, 0.3) is 5.70 Å². The fourth-order valence-corrected chi connectivity index (χ4v) is 2.64.